The molecule has 2 aromatic heterocycles. The highest BCUT2D eigenvalue weighted by molar-refractivity contribution is 5.86. The van der Waals surface area contributed by atoms with Crippen molar-refractivity contribution in [2.24, 2.45) is 18.7 Å². The summed E-state index contributed by atoms with van der Waals surface area (Å²) in [6, 6.07) is 0.218. The molecule has 0 saturated carbocycles. The normalized spacial score (nSPS) is 24.7. The molecule has 0 aliphatic carbocycles. The largest absolute Gasteiger partial charge is 0.354 e. The second-order valence-corrected chi connectivity index (χ2v) is 5.21. The number of rotatable bonds is 1. The van der Waals surface area contributed by atoms with Gasteiger partial charge in [-0.15, -0.1) is 0 Å². The number of nitrogens with two attached hydrogens (primary N) is 1. The van der Waals surface area contributed by atoms with Crippen LogP contribution in [-0.2, 0) is 7.05 Å². The Hall–Kier alpha value is -1.69. The Kier molecular flexibility index (Phi) is 2.66. The van der Waals surface area contributed by atoms with Crippen LogP contribution >= 0.6 is 0 Å². The fraction of sp³-hybridized carbons (Fsp3) is 0.583. The Morgan fingerprint density at radius 3 is 2.94 bits per heavy atom. The fourth-order valence-electron chi connectivity index (χ4n) is 2.77. The molecule has 1 aliphatic heterocycles. The van der Waals surface area contributed by atoms with Crippen LogP contribution in [0.25, 0.3) is 11.0 Å². The standard InChI is InChI=1S/C12H18N6/c1-8-3-9(13)6-18(5-8)12-10-4-16-17(2)11(10)14-7-15-12/h4,7-9H,3,5-6,13H2,1-2H3. The van der Waals surface area contributed by atoms with Gasteiger partial charge in [-0.25, -0.2) is 9.97 Å². The molecule has 3 rings (SSSR count). The zero-order valence-corrected chi connectivity index (χ0v) is 10.7. The van der Waals surface area contributed by atoms with Crippen molar-refractivity contribution >= 4 is 16.9 Å². The van der Waals surface area contributed by atoms with E-state index < -0.39 is 0 Å². The Bertz CT molecular complexity index is 553. The van der Waals surface area contributed by atoms with Crippen LogP contribution in [0.5, 0.6) is 0 Å². The number of aromatic nitrogens is 4. The van der Waals surface area contributed by atoms with Gasteiger partial charge in [0.2, 0.25) is 0 Å². The van der Waals surface area contributed by atoms with Crippen molar-refractivity contribution in [1.29, 1.82) is 0 Å². The predicted octanol–water partition coefficient (Wildman–Crippen LogP) is 0.537. The summed E-state index contributed by atoms with van der Waals surface area (Å²) in [5.41, 5.74) is 6.96. The summed E-state index contributed by atoms with van der Waals surface area (Å²) in [6.45, 7) is 4.08. The average molecular weight is 246 g/mol. The number of aryl methyl sites for hydroxylation is 1. The minimum atomic E-state index is 0.218. The lowest BCUT2D eigenvalue weighted by Gasteiger charge is -2.35. The first kappa shape index (κ1) is 11.4. The molecule has 6 nitrogen and oxygen atoms in total. The van der Waals surface area contributed by atoms with Crippen molar-refractivity contribution in [1.82, 2.24) is 19.7 Å². The van der Waals surface area contributed by atoms with E-state index in [2.05, 4.69) is 26.9 Å². The number of fused-ring (bicyclic) bond motifs is 1. The van der Waals surface area contributed by atoms with Crippen molar-refractivity contribution in [3.05, 3.63) is 12.5 Å². The minimum Gasteiger partial charge on any atom is -0.354 e. The van der Waals surface area contributed by atoms with Gasteiger partial charge in [-0.3, -0.25) is 4.68 Å². The van der Waals surface area contributed by atoms with Crippen LogP contribution in [0.15, 0.2) is 12.5 Å². The molecule has 18 heavy (non-hydrogen) atoms. The zero-order valence-electron chi connectivity index (χ0n) is 10.7. The minimum absolute atomic E-state index is 0.218. The Morgan fingerprint density at radius 2 is 2.17 bits per heavy atom. The van der Waals surface area contributed by atoms with Crippen LogP contribution < -0.4 is 10.6 Å². The van der Waals surface area contributed by atoms with Crippen LogP contribution in [-0.4, -0.2) is 38.9 Å². The van der Waals surface area contributed by atoms with Crippen molar-refractivity contribution in [3.63, 3.8) is 0 Å². The summed E-state index contributed by atoms with van der Waals surface area (Å²) in [5, 5.41) is 5.25. The molecule has 0 spiro atoms. The predicted molar refractivity (Wildman–Crippen MR) is 70.3 cm³/mol. The molecule has 0 amide bonds. The van der Waals surface area contributed by atoms with Crippen LogP contribution in [0.3, 0.4) is 0 Å². The van der Waals surface area contributed by atoms with Gasteiger partial charge < -0.3 is 10.6 Å². The maximum absolute atomic E-state index is 6.10. The first-order valence-corrected chi connectivity index (χ1v) is 6.28. The van der Waals surface area contributed by atoms with Gasteiger partial charge in [0, 0.05) is 26.2 Å². The second kappa shape index (κ2) is 4.20. The molecule has 2 unspecified atom stereocenters. The number of piperidine rings is 1. The topological polar surface area (TPSA) is 72.9 Å². The van der Waals surface area contributed by atoms with Gasteiger partial charge >= 0.3 is 0 Å². The maximum Gasteiger partial charge on any atom is 0.163 e. The van der Waals surface area contributed by atoms with Crippen molar-refractivity contribution in [2.45, 2.75) is 19.4 Å². The van der Waals surface area contributed by atoms with Gasteiger partial charge in [-0.2, -0.15) is 5.10 Å². The molecular weight excluding hydrogens is 228 g/mol. The van der Waals surface area contributed by atoms with E-state index in [0.717, 1.165) is 36.4 Å². The highest BCUT2D eigenvalue weighted by atomic mass is 15.3. The van der Waals surface area contributed by atoms with E-state index in [4.69, 9.17) is 5.73 Å². The quantitative estimate of drug-likeness (QED) is 0.795. The number of hydrogen-bond donors (Lipinski definition) is 1. The van der Waals surface area contributed by atoms with Gasteiger partial charge in [-0.05, 0) is 12.3 Å². The van der Waals surface area contributed by atoms with Crippen LogP contribution in [0, 0.1) is 5.92 Å². The Labute approximate surface area is 106 Å². The van der Waals surface area contributed by atoms with E-state index in [0.29, 0.717) is 5.92 Å². The monoisotopic (exact) mass is 246 g/mol. The van der Waals surface area contributed by atoms with Crippen molar-refractivity contribution < 1.29 is 0 Å². The van der Waals surface area contributed by atoms with Crippen LogP contribution in [0.1, 0.15) is 13.3 Å². The molecule has 2 atom stereocenters. The molecule has 0 radical (unpaired) electrons. The number of hydrogen-bond acceptors (Lipinski definition) is 5. The molecule has 2 aromatic rings. The van der Waals surface area contributed by atoms with Gasteiger partial charge in [-0.1, -0.05) is 6.92 Å². The summed E-state index contributed by atoms with van der Waals surface area (Å²) >= 11 is 0. The molecular formula is C12H18N6. The number of nitrogens with zero attached hydrogens (tertiary/aromatic N) is 5. The average Bonchev–Trinajstić information content (AvgIpc) is 2.70. The van der Waals surface area contributed by atoms with E-state index in [1.165, 1.54) is 0 Å². The number of anilines is 1. The highest BCUT2D eigenvalue weighted by Gasteiger charge is 2.24. The second-order valence-electron chi connectivity index (χ2n) is 5.21. The third-order valence-corrected chi connectivity index (χ3v) is 3.50. The van der Waals surface area contributed by atoms with E-state index in [1.54, 1.807) is 11.0 Å². The van der Waals surface area contributed by atoms with Crippen molar-refractivity contribution in [2.75, 3.05) is 18.0 Å². The van der Waals surface area contributed by atoms with Gasteiger partial charge in [0.1, 0.15) is 12.1 Å². The van der Waals surface area contributed by atoms with E-state index >= 15 is 0 Å². The summed E-state index contributed by atoms with van der Waals surface area (Å²) in [4.78, 5) is 10.9. The smallest absolute Gasteiger partial charge is 0.163 e. The van der Waals surface area contributed by atoms with Crippen molar-refractivity contribution in [3.8, 4) is 0 Å². The fourth-order valence-corrected chi connectivity index (χ4v) is 2.77. The first-order valence-electron chi connectivity index (χ1n) is 6.28. The van der Waals surface area contributed by atoms with Gasteiger partial charge in [0.25, 0.3) is 0 Å². The molecule has 0 bridgehead atoms. The van der Waals surface area contributed by atoms with Crippen LogP contribution in [0.2, 0.25) is 0 Å². The Balaban J connectivity index is 2.03. The lowest BCUT2D eigenvalue weighted by Crippen LogP contribution is -2.46. The van der Waals surface area contributed by atoms with E-state index in [9.17, 15) is 0 Å². The molecule has 1 saturated heterocycles. The third-order valence-electron chi connectivity index (χ3n) is 3.50. The summed E-state index contributed by atoms with van der Waals surface area (Å²) in [7, 11) is 1.89. The maximum atomic E-state index is 6.10. The third kappa shape index (κ3) is 1.82. The zero-order chi connectivity index (χ0) is 12.7. The van der Waals surface area contributed by atoms with E-state index in [-0.39, 0.29) is 6.04 Å². The van der Waals surface area contributed by atoms with Crippen LogP contribution in [0.4, 0.5) is 5.82 Å². The first-order chi connectivity index (χ1) is 8.65. The van der Waals surface area contributed by atoms with E-state index in [1.807, 2.05) is 13.2 Å². The highest BCUT2D eigenvalue weighted by Crippen LogP contribution is 2.26. The summed E-state index contributed by atoms with van der Waals surface area (Å²) < 4.78 is 1.77. The molecule has 96 valence electrons. The molecule has 3 heterocycles. The SMILES string of the molecule is CC1CC(N)CN(c2ncnc3c2cnn3C)C1. The lowest BCUT2D eigenvalue weighted by molar-refractivity contribution is 0.400. The molecule has 1 fully saturated rings. The molecule has 1 aliphatic rings. The van der Waals surface area contributed by atoms with Gasteiger partial charge in [0.05, 0.1) is 11.6 Å². The lowest BCUT2D eigenvalue weighted by atomic mass is 9.96. The summed E-state index contributed by atoms with van der Waals surface area (Å²) in [5.74, 6) is 1.55. The molecule has 2 N–H and O–H groups in total. The summed E-state index contributed by atoms with van der Waals surface area (Å²) in [6.07, 6.45) is 4.51. The molecule has 6 heteroatoms. The Morgan fingerprint density at radius 1 is 1.33 bits per heavy atom. The van der Waals surface area contributed by atoms with Gasteiger partial charge in [0.15, 0.2) is 5.65 Å². The molecule has 0 aromatic carbocycles.